The summed E-state index contributed by atoms with van der Waals surface area (Å²) in [4.78, 5) is 28.4. The van der Waals surface area contributed by atoms with Crippen LogP contribution in [0.15, 0.2) is 77.7 Å². The van der Waals surface area contributed by atoms with E-state index in [2.05, 4.69) is 5.32 Å². The van der Waals surface area contributed by atoms with Gasteiger partial charge in [0.15, 0.2) is 0 Å². The molecular weight excluding hydrogens is 534 g/mol. The Balaban J connectivity index is 2.03. The van der Waals surface area contributed by atoms with Crippen LogP contribution in [0.4, 0.5) is 5.69 Å². The molecule has 0 fully saturated rings. The zero-order valence-corrected chi connectivity index (χ0v) is 24.4. The first kappa shape index (κ1) is 30.2. The van der Waals surface area contributed by atoms with Crippen LogP contribution in [0.3, 0.4) is 0 Å². The Morgan fingerprint density at radius 3 is 2.28 bits per heavy atom. The summed E-state index contributed by atoms with van der Waals surface area (Å²) in [6.07, 6.45) is 1.74. The molecule has 0 saturated carbocycles. The molecule has 0 aromatic heterocycles. The molecule has 0 bridgehead atoms. The van der Waals surface area contributed by atoms with Gasteiger partial charge in [0.25, 0.3) is 10.0 Å². The lowest BCUT2D eigenvalue weighted by molar-refractivity contribution is -0.139. The first-order valence-corrected chi connectivity index (χ1v) is 14.8. The van der Waals surface area contributed by atoms with E-state index in [0.29, 0.717) is 22.8 Å². The molecule has 0 spiro atoms. The van der Waals surface area contributed by atoms with Crippen LogP contribution in [-0.4, -0.2) is 44.3 Å². The van der Waals surface area contributed by atoms with Crippen molar-refractivity contribution < 1.29 is 18.0 Å². The fourth-order valence-electron chi connectivity index (χ4n) is 4.10. The lowest BCUT2D eigenvalue weighted by Gasteiger charge is -2.32. The van der Waals surface area contributed by atoms with Crippen molar-refractivity contribution >= 4 is 39.1 Å². The van der Waals surface area contributed by atoms with Crippen LogP contribution in [-0.2, 0) is 26.2 Å². The average Bonchev–Trinajstić information content (AvgIpc) is 2.92. The molecule has 0 unspecified atom stereocenters. The summed E-state index contributed by atoms with van der Waals surface area (Å²) in [5.41, 5.74) is 2.68. The quantitative estimate of drug-likeness (QED) is 0.292. The highest BCUT2D eigenvalue weighted by molar-refractivity contribution is 7.92. The van der Waals surface area contributed by atoms with Gasteiger partial charge in [-0.3, -0.25) is 13.9 Å². The minimum atomic E-state index is -4.15. The molecule has 9 heteroatoms. The first-order chi connectivity index (χ1) is 18.5. The number of hydrogen-bond donors (Lipinski definition) is 1. The average molecular weight is 570 g/mol. The molecule has 1 N–H and O–H groups in total. The number of halogens is 1. The number of rotatable bonds is 12. The van der Waals surface area contributed by atoms with Gasteiger partial charge in [-0.2, -0.15) is 0 Å². The number of sulfonamides is 1. The standard InChI is InChI=1S/C30H36ClN3O4S/c1-5-6-18-32-30(36)24(4)33(20-25-10-8-7-9-11-25)29(35)21-34(28-19-26(31)15-14-23(28)3)39(37,38)27-16-12-22(2)13-17-27/h7-17,19,24H,5-6,18,20-21H2,1-4H3,(H,32,36)/t24-/m0/s1. The van der Waals surface area contributed by atoms with E-state index < -0.39 is 28.5 Å². The molecule has 7 nitrogen and oxygen atoms in total. The zero-order chi connectivity index (χ0) is 28.6. The summed E-state index contributed by atoms with van der Waals surface area (Å²) in [5.74, 6) is -0.799. The van der Waals surface area contributed by atoms with E-state index in [1.807, 2.05) is 44.2 Å². The third kappa shape index (κ3) is 7.83. The van der Waals surface area contributed by atoms with Crippen LogP contribution in [0.25, 0.3) is 0 Å². The summed E-state index contributed by atoms with van der Waals surface area (Å²) in [6, 6.07) is 19.9. The third-order valence-electron chi connectivity index (χ3n) is 6.52. The van der Waals surface area contributed by atoms with Crippen molar-refractivity contribution in [3.8, 4) is 0 Å². The van der Waals surface area contributed by atoms with Gasteiger partial charge in [0.05, 0.1) is 10.6 Å². The van der Waals surface area contributed by atoms with E-state index in [1.54, 1.807) is 44.2 Å². The van der Waals surface area contributed by atoms with E-state index in [1.165, 1.54) is 17.0 Å². The SMILES string of the molecule is CCCCNC(=O)[C@H](C)N(Cc1ccccc1)C(=O)CN(c1cc(Cl)ccc1C)S(=O)(=O)c1ccc(C)cc1. The molecule has 0 aliphatic carbocycles. The van der Waals surface area contributed by atoms with E-state index >= 15 is 0 Å². The number of amides is 2. The van der Waals surface area contributed by atoms with Crippen molar-refractivity contribution in [1.82, 2.24) is 10.2 Å². The van der Waals surface area contributed by atoms with Crippen molar-refractivity contribution in [2.24, 2.45) is 0 Å². The maximum Gasteiger partial charge on any atom is 0.264 e. The lowest BCUT2D eigenvalue weighted by Crippen LogP contribution is -2.51. The minimum Gasteiger partial charge on any atom is -0.354 e. The Labute approximate surface area is 236 Å². The zero-order valence-electron chi connectivity index (χ0n) is 22.9. The Hall–Kier alpha value is -3.36. The Kier molecular flexibility index (Phi) is 10.5. The highest BCUT2D eigenvalue weighted by atomic mass is 35.5. The van der Waals surface area contributed by atoms with Crippen molar-refractivity contribution in [1.29, 1.82) is 0 Å². The number of aryl methyl sites for hydroxylation is 2. The molecule has 208 valence electrons. The molecule has 0 aliphatic rings. The van der Waals surface area contributed by atoms with Gasteiger partial charge in [-0.25, -0.2) is 8.42 Å². The van der Waals surface area contributed by atoms with Crippen LogP contribution in [0.5, 0.6) is 0 Å². The van der Waals surface area contributed by atoms with E-state index in [0.717, 1.165) is 28.3 Å². The van der Waals surface area contributed by atoms with Crippen molar-refractivity contribution in [2.75, 3.05) is 17.4 Å². The van der Waals surface area contributed by atoms with E-state index in [9.17, 15) is 18.0 Å². The summed E-state index contributed by atoms with van der Waals surface area (Å²) >= 11 is 6.27. The van der Waals surface area contributed by atoms with Gasteiger partial charge < -0.3 is 10.2 Å². The number of anilines is 1. The minimum absolute atomic E-state index is 0.0558. The van der Waals surface area contributed by atoms with Gasteiger partial charge >= 0.3 is 0 Å². The van der Waals surface area contributed by atoms with Gasteiger partial charge in [-0.1, -0.05) is 79.0 Å². The number of nitrogens with zero attached hydrogens (tertiary/aromatic N) is 2. The number of unbranched alkanes of at least 4 members (excludes halogenated alkanes) is 1. The Morgan fingerprint density at radius 1 is 0.974 bits per heavy atom. The van der Waals surface area contributed by atoms with E-state index in [-0.39, 0.29) is 17.3 Å². The molecule has 3 rings (SSSR count). The molecule has 3 aromatic rings. The number of carbonyl (C=O) groups excluding carboxylic acids is 2. The fraction of sp³-hybridized carbons (Fsp3) is 0.333. The lowest BCUT2D eigenvalue weighted by atomic mass is 10.1. The second-order valence-electron chi connectivity index (χ2n) is 9.58. The van der Waals surface area contributed by atoms with E-state index in [4.69, 9.17) is 11.6 Å². The van der Waals surface area contributed by atoms with Crippen LogP contribution >= 0.6 is 11.6 Å². The predicted octanol–water partition coefficient (Wildman–Crippen LogP) is 5.49. The molecule has 0 saturated heterocycles. The molecule has 2 amide bonds. The Morgan fingerprint density at radius 2 is 1.64 bits per heavy atom. The predicted molar refractivity (Wildman–Crippen MR) is 156 cm³/mol. The fourth-order valence-corrected chi connectivity index (χ4v) is 5.74. The van der Waals surface area contributed by atoms with Gasteiger partial charge in [-0.15, -0.1) is 0 Å². The molecule has 3 aromatic carbocycles. The molecule has 39 heavy (non-hydrogen) atoms. The summed E-state index contributed by atoms with van der Waals surface area (Å²) in [5, 5.41) is 3.23. The monoisotopic (exact) mass is 569 g/mol. The second-order valence-corrected chi connectivity index (χ2v) is 11.9. The van der Waals surface area contributed by atoms with Gasteiger partial charge in [-0.05, 0) is 62.6 Å². The van der Waals surface area contributed by atoms with Crippen molar-refractivity contribution in [3.63, 3.8) is 0 Å². The largest absolute Gasteiger partial charge is 0.354 e. The smallest absolute Gasteiger partial charge is 0.264 e. The van der Waals surface area contributed by atoms with Crippen LogP contribution < -0.4 is 9.62 Å². The van der Waals surface area contributed by atoms with Crippen LogP contribution in [0.2, 0.25) is 5.02 Å². The first-order valence-electron chi connectivity index (χ1n) is 13.0. The third-order valence-corrected chi connectivity index (χ3v) is 8.53. The molecule has 0 aliphatic heterocycles. The normalized spacial score (nSPS) is 12.0. The number of benzene rings is 3. The van der Waals surface area contributed by atoms with Crippen LogP contribution in [0, 0.1) is 13.8 Å². The molecule has 0 heterocycles. The summed E-state index contributed by atoms with van der Waals surface area (Å²) in [7, 11) is -4.15. The number of hydrogen-bond acceptors (Lipinski definition) is 4. The maximum absolute atomic E-state index is 13.9. The Bertz CT molecular complexity index is 1380. The summed E-state index contributed by atoms with van der Waals surface area (Å²) < 4.78 is 29.0. The topological polar surface area (TPSA) is 86.8 Å². The highest BCUT2D eigenvalue weighted by Crippen LogP contribution is 2.30. The highest BCUT2D eigenvalue weighted by Gasteiger charge is 2.33. The van der Waals surface area contributed by atoms with Crippen LogP contribution in [0.1, 0.15) is 43.4 Å². The molecular formula is C30H36ClN3O4S. The number of nitrogens with one attached hydrogen (secondary N) is 1. The van der Waals surface area contributed by atoms with Gasteiger partial charge in [0, 0.05) is 18.1 Å². The van der Waals surface area contributed by atoms with Gasteiger partial charge in [0.2, 0.25) is 11.8 Å². The number of carbonyl (C=O) groups is 2. The molecule has 1 atom stereocenters. The summed E-state index contributed by atoms with van der Waals surface area (Å²) in [6.45, 7) is 7.47. The second kappa shape index (κ2) is 13.6. The molecule has 0 radical (unpaired) electrons. The van der Waals surface area contributed by atoms with Crippen molar-refractivity contribution in [3.05, 3.63) is 94.5 Å². The van der Waals surface area contributed by atoms with Crippen molar-refractivity contribution in [2.45, 2.75) is 58.0 Å². The van der Waals surface area contributed by atoms with Gasteiger partial charge in [0.1, 0.15) is 12.6 Å². The maximum atomic E-state index is 13.9.